The van der Waals surface area contributed by atoms with E-state index in [1.807, 2.05) is 134 Å². The molecule has 0 fully saturated rings. The van der Waals surface area contributed by atoms with Gasteiger partial charge in [0.2, 0.25) is 6.08 Å². The van der Waals surface area contributed by atoms with Crippen molar-refractivity contribution in [3.05, 3.63) is 354 Å². The molecule has 0 saturated heterocycles. The van der Waals surface area contributed by atoms with Crippen molar-refractivity contribution in [2.45, 2.75) is 184 Å². The lowest BCUT2D eigenvalue weighted by Gasteiger charge is -2.42. The maximum atomic E-state index is 16.4. The maximum absolute atomic E-state index is 16.4. The van der Waals surface area contributed by atoms with Crippen molar-refractivity contribution in [1.82, 2.24) is 0 Å². The molecule has 0 N–H and O–H groups in total. The largest absolute Gasteiger partial charge is 0.457 e. The number of nitriles is 1. The van der Waals surface area contributed by atoms with E-state index in [2.05, 4.69) is 258 Å². The van der Waals surface area contributed by atoms with Crippen molar-refractivity contribution in [2.24, 2.45) is 16.8 Å². The predicted molar refractivity (Wildman–Crippen MR) is 601 cm³/mol. The van der Waals surface area contributed by atoms with Gasteiger partial charge in [-0.15, -0.1) is 5.26 Å². The second-order valence-corrected chi connectivity index (χ2v) is 46.7. The Labute approximate surface area is 860 Å². The molecule has 25 rings (SSSR count). The molecule has 2 heterocycles. The highest BCUT2D eigenvalue weighted by molar-refractivity contribution is 6.46. The zero-order chi connectivity index (χ0) is 103. The zero-order valence-corrected chi connectivity index (χ0v) is 86.7. The molecule has 726 valence electrons. The molecule has 14 heteroatoms. The Hall–Kier alpha value is -16.6. The fourth-order valence-corrected chi connectivity index (χ4v) is 24.6. The second kappa shape index (κ2) is 33.0. The van der Waals surface area contributed by atoms with Gasteiger partial charge in [-0.25, -0.2) is 14.6 Å². The summed E-state index contributed by atoms with van der Waals surface area (Å²) in [5.41, 5.74) is 26.3. The first kappa shape index (κ1) is 92.5. The van der Waals surface area contributed by atoms with E-state index < -0.39 is 23.6 Å². The summed E-state index contributed by atoms with van der Waals surface area (Å²) in [5, 5.41) is 22.0. The van der Waals surface area contributed by atoms with E-state index in [1.54, 1.807) is 30.3 Å². The fourth-order valence-electron chi connectivity index (χ4n) is 24.6. The number of amides is 4. The van der Waals surface area contributed by atoms with Gasteiger partial charge < -0.3 is 23.7 Å². The first-order chi connectivity index (χ1) is 70.7. The van der Waals surface area contributed by atoms with Gasteiger partial charge in [-0.3, -0.25) is 19.2 Å². The van der Waals surface area contributed by atoms with Crippen LogP contribution in [-0.2, 0) is 26.5 Å². The molecule has 148 heavy (non-hydrogen) atoms. The van der Waals surface area contributed by atoms with E-state index in [1.165, 1.54) is 20.9 Å². The number of benzene rings is 17. The summed E-state index contributed by atoms with van der Waals surface area (Å²) in [6.45, 7) is 42.4. The van der Waals surface area contributed by atoms with Crippen LogP contribution in [0.4, 0.5) is 17.1 Å². The van der Waals surface area contributed by atoms with Gasteiger partial charge in [-0.1, -0.05) is 260 Å². The van der Waals surface area contributed by atoms with Gasteiger partial charge in [0.05, 0.1) is 39.3 Å². The van der Waals surface area contributed by atoms with Crippen LogP contribution in [0.1, 0.15) is 293 Å². The van der Waals surface area contributed by atoms with E-state index in [4.69, 9.17) is 23.7 Å². The molecule has 0 radical (unpaired) electrons. The monoisotopic (exact) mass is 1930 g/mol. The molecule has 17 aromatic rings. The third kappa shape index (κ3) is 14.2. The number of fused-ring (bicyclic) bond motifs is 14. The average Bonchev–Trinajstić information content (AvgIpc) is 1.30. The van der Waals surface area contributed by atoms with Crippen LogP contribution in [0.25, 0.3) is 144 Å². The van der Waals surface area contributed by atoms with Gasteiger partial charge in [0, 0.05) is 55.3 Å². The molecule has 0 aromatic heterocycles. The molecule has 17 aromatic carbocycles. The topological polar surface area (TPSA) is 174 Å². The molecule has 0 spiro atoms. The molecular formula is C134H110N4O10. The summed E-state index contributed by atoms with van der Waals surface area (Å²) < 4.78 is 35.0. The molecule has 0 bridgehead atoms. The molecule has 2 aliphatic heterocycles. The number of hydrogen-bond donors (Lipinski definition) is 0. The zero-order valence-electron chi connectivity index (χ0n) is 86.7. The fraction of sp³-hybridized carbons (Fsp3) is 0.224. The minimum atomic E-state index is -0.505. The van der Waals surface area contributed by atoms with E-state index >= 15 is 19.2 Å². The number of allylic oxidation sites excluding steroid dienone is 8. The van der Waals surface area contributed by atoms with Gasteiger partial charge in [0.15, 0.2) is 0 Å². The number of anilines is 2. The van der Waals surface area contributed by atoms with Gasteiger partial charge in [-0.05, 0) is 356 Å². The molecule has 4 amide bonds. The summed E-state index contributed by atoms with van der Waals surface area (Å²) in [7, 11) is 0. The number of hydrogen-bond acceptors (Lipinski definition) is 12. The highest BCUT2D eigenvalue weighted by Gasteiger charge is 2.52. The number of aliphatic imine (C=N–C) groups is 1. The number of nitrogens with zero attached hydrogens (tertiary/aromatic N) is 4. The third-order valence-corrected chi connectivity index (χ3v) is 32.0. The predicted octanol–water partition coefficient (Wildman–Crippen LogP) is 35.3. The van der Waals surface area contributed by atoms with Crippen LogP contribution in [0.5, 0.6) is 51.7 Å². The highest BCUT2D eigenvalue weighted by atomic mass is 16.5. The van der Waals surface area contributed by atoms with Crippen LogP contribution in [0.3, 0.4) is 0 Å². The lowest BCUT2D eigenvalue weighted by molar-refractivity contribution is 0.0877. The summed E-state index contributed by atoms with van der Waals surface area (Å²) >= 11 is 0. The van der Waals surface area contributed by atoms with Crippen LogP contribution in [-0.4, -0.2) is 29.7 Å². The Morgan fingerprint density at radius 1 is 0.297 bits per heavy atom. The van der Waals surface area contributed by atoms with Gasteiger partial charge >= 0.3 is 0 Å². The summed E-state index contributed by atoms with van der Waals surface area (Å²) in [6, 6.07) is 75.1. The van der Waals surface area contributed by atoms with Gasteiger partial charge in [0.1, 0.15) is 51.7 Å². The number of carbonyl (C=O) groups is 4. The summed E-state index contributed by atoms with van der Waals surface area (Å²) in [6.07, 6.45) is 21.8. The van der Waals surface area contributed by atoms with Crippen molar-refractivity contribution in [3.8, 4) is 80.3 Å². The summed E-state index contributed by atoms with van der Waals surface area (Å²) in [5.74, 6) is 1.28. The lowest BCUT2D eigenvalue weighted by atomic mass is 9.62. The van der Waals surface area contributed by atoms with Gasteiger partial charge in [0.25, 0.3) is 29.9 Å². The second-order valence-electron chi connectivity index (χ2n) is 46.7. The molecule has 0 unspecified atom stereocenters. The smallest absolute Gasteiger partial charge is 0.292 e. The SMILES string of the molecule is CC(C)c1cc(OC#N)cc(C(C)C)c1N1C(=O)c2cc(Oc3ccc(C(C)(C)C)cc3)c3c4c(c(Oc5ccc(C(C)(C)C)cc5)cc(c24)C1=O)C1=CC=C2c4cc5cc6c(cc5cc4C4=CC=C3C1C42)C=Cc1cc2cc3c(cc2cc1C=C6)-c1ccc2c4c(Oc5ccc(C(C)(C)C)cc5)cc5c6c(cc(Oc7ccc(C(C)(C)C)cc7)c(c7ccc-3c1c72)c64)C(=O)N(c1c(C(C)C)cc(N=C=O)cc1C(C)C)C5=O. The van der Waals surface area contributed by atoms with Crippen molar-refractivity contribution in [2.75, 3.05) is 9.80 Å². The van der Waals surface area contributed by atoms with E-state index in [0.29, 0.717) is 135 Å². The van der Waals surface area contributed by atoms with Crippen molar-refractivity contribution < 1.29 is 47.7 Å². The number of rotatable bonds is 16. The molecule has 8 aliphatic rings. The Morgan fingerprint density at radius 3 is 0.919 bits per heavy atom. The Bertz CT molecular complexity index is 8740. The van der Waals surface area contributed by atoms with Crippen LogP contribution >= 0.6 is 0 Å². The van der Waals surface area contributed by atoms with Crippen molar-refractivity contribution >= 4 is 169 Å². The normalized spacial score (nSPS) is 15.7. The number of isocyanates is 1. The average molecular weight is 1940 g/mol. The van der Waals surface area contributed by atoms with Crippen molar-refractivity contribution in [3.63, 3.8) is 0 Å². The third-order valence-electron chi connectivity index (χ3n) is 32.0. The van der Waals surface area contributed by atoms with E-state index in [0.717, 1.165) is 154 Å². The lowest BCUT2D eigenvalue weighted by Crippen LogP contribution is -2.42. The molecule has 6 aliphatic carbocycles. The number of carbonyl (C=O) groups excluding carboxylic acids is 5. The first-order valence-corrected chi connectivity index (χ1v) is 51.6. The number of ether oxygens (including phenoxy) is 5. The van der Waals surface area contributed by atoms with Crippen molar-refractivity contribution in [1.29, 1.82) is 5.26 Å². The Kier molecular flexibility index (Phi) is 20.6. The van der Waals surface area contributed by atoms with Crippen LogP contribution in [0.15, 0.2) is 248 Å². The Morgan fingerprint density at radius 2 is 0.595 bits per heavy atom. The quantitative estimate of drug-likeness (QED) is 0.0225. The maximum Gasteiger partial charge on any atom is 0.292 e. The standard InChI is InChI=1S/C134H110N4O10/c1-67(2)97-57-83(136-66-139)58-98(68(3)4)125(97)137-127(140)105-61-109(145-84-33-25-79(26-34-84)131(9,10)11)119-93-45-41-89-101-53-75-49-71-21-23-73-51-77-55-103-91-43-47-95-116-96(48-44-92(114(91)116)104(103)56-78(77)52-74(73)24-22-72(71)50-76(75)54-102(101)90-42-46-94(115(93)113(89)90)120-110(62-106(128(137)141)117(105)123(119)120)146-85-35-27-80(28-36-85)132(12,13)14)122-112(148-87-39-31-82(32-40-87)134(18,19)20)64-108-118-107(63-111(121(95)124(118)122)147-86-37-29-81(30-38-86)133(15,16)17)129(142)138(130(108)143)126-99(69(5)6)59-88(144-65-135)60-100(126)70(7)8/h21-64,67-70,114,116H,1-20H3. The number of imide groups is 2. The van der Waals surface area contributed by atoms with Crippen LogP contribution in [0.2, 0.25) is 0 Å². The van der Waals surface area contributed by atoms with Crippen LogP contribution < -0.4 is 33.5 Å². The minimum Gasteiger partial charge on any atom is -0.457 e. The molecule has 14 nitrogen and oxygen atoms in total. The van der Waals surface area contributed by atoms with E-state index in [9.17, 15) is 10.1 Å². The van der Waals surface area contributed by atoms with E-state index in [-0.39, 0.29) is 57.2 Å². The minimum absolute atomic E-state index is 0.142. The highest BCUT2D eigenvalue weighted by Crippen LogP contribution is 2.67. The Balaban J connectivity index is 0.618. The molecule has 0 atom stereocenters. The summed E-state index contributed by atoms with van der Waals surface area (Å²) in [4.78, 5) is 84.3. The van der Waals surface area contributed by atoms with Gasteiger partial charge in [-0.2, -0.15) is 4.99 Å². The first-order valence-electron chi connectivity index (χ1n) is 51.6. The molecular weight excluding hydrogens is 1830 g/mol. The molecule has 0 saturated carbocycles. The van der Waals surface area contributed by atoms with Crippen LogP contribution in [0, 0.1) is 23.4 Å².